The van der Waals surface area contributed by atoms with Gasteiger partial charge in [-0.1, -0.05) is 0 Å². The number of ketones is 1. The standard InChI is InChI=1S/C5H8NO.Re/c7-5-1-3-6-4-2-5;/h1-4H2;/q-1;. The number of hydrogen-bond acceptors (Lipinski definition) is 1. The maximum atomic E-state index is 10.4. The van der Waals surface area contributed by atoms with Crippen molar-refractivity contribution < 1.29 is 25.2 Å². The van der Waals surface area contributed by atoms with Crippen LogP contribution in [0.1, 0.15) is 12.8 Å². The first-order chi connectivity index (χ1) is 3.39. The van der Waals surface area contributed by atoms with E-state index in [1.807, 2.05) is 0 Å². The number of hydrogen-bond donors (Lipinski definition) is 0. The molecule has 1 saturated heterocycles. The molecule has 0 atom stereocenters. The predicted octanol–water partition coefficient (Wildman–Crippen LogP) is 0.721. The normalized spacial score (nSPS) is 19.8. The first kappa shape index (κ1) is 8.29. The molecular formula is C5H8NORe-. The summed E-state index contributed by atoms with van der Waals surface area (Å²) < 4.78 is 0. The van der Waals surface area contributed by atoms with Gasteiger partial charge in [0.15, 0.2) is 0 Å². The fraction of sp³-hybridized carbons (Fsp3) is 0.800. The van der Waals surface area contributed by atoms with Crippen molar-refractivity contribution in [2.45, 2.75) is 12.8 Å². The SMILES string of the molecule is O=C1CC[N-]CC1.[Re]. The Morgan fingerprint density at radius 3 is 2.00 bits per heavy atom. The summed E-state index contributed by atoms with van der Waals surface area (Å²) >= 11 is 0. The van der Waals surface area contributed by atoms with Gasteiger partial charge in [0.05, 0.1) is 0 Å². The number of rotatable bonds is 0. The van der Waals surface area contributed by atoms with Crippen molar-refractivity contribution in [1.82, 2.24) is 0 Å². The van der Waals surface area contributed by atoms with Crippen molar-refractivity contribution in [1.29, 1.82) is 0 Å². The number of Topliss-reactive ketones (excluding diaryl/α,β-unsaturated/α-hetero) is 1. The van der Waals surface area contributed by atoms with Crippen LogP contribution in [0.5, 0.6) is 0 Å². The molecule has 0 aliphatic carbocycles. The molecule has 0 saturated carbocycles. The van der Waals surface area contributed by atoms with Gasteiger partial charge in [0.2, 0.25) is 0 Å². The van der Waals surface area contributed by atoms with Crippen LogP contribution >= 0.6 is 0 Å². The summed E-state index contributed by atoms with van der Waals surface area (Å²) in [6.07, 6.45) is 1.36. The maximum absolute atomic E-state index is 10.4. The Balaban J connectivity index is 0.000000490. The van der Waals surface area contributed by atoms with Crippen molar-refractivity contribution in [2.24, 2.45) is 0 Å². The maximum Gasteiger partial charge on any atom is 0.129 e. The Bertz CT molecular complexity index is 76.5. The minimum absolute atomic E-state index is 0. The largest absolute Gasteiger partial charge is 0.662 e. The first-order valence-corrected chi connectivity index (χ1v) is 2.54. The molecule has 3 heteroatoms. The van der Waals surface area contributed by atoms with Crippen molar-refractivity contribution in [2.75, 3.05) is 13.1 Å². The van der Waals surface area contributed by atoms with E-state index >= 15 is 0 Å². The third-order valence-electron chi connectivity index (χ3n) is 1.10. The summed E-state index contributed by atoms with van der Waals surface area (Å²) in [4.78, 5) is 10.4. The molecule has 1 radical (unpaired) electrons. The smallest absolute Gasteiger partial charge is 0.129 e. The molecule has 0 aromatic carbocycles. The molecule has 1 aliphatic rings. The topological polar surface area (TPSA) is 31.2 Å². The zero-order valence-corrected chi connectivity index (χ0v) is 7.28. The van der Waals surface area contributed by atoms with Gasteiger partial charge in [-0.25, -0.2) is 0 Å². The van der Waals surface area contributed by atoms with E-state index in [-0.39, 0.29) is 20.4 Å². The summed E-state index contributed by atoms with van der Waals surface area (Å²) in [6, 6.07) is 0. The van der Waals surface area contributed by atoms with E-state index in [2.05, 4.69) is 5.32 Å². The minimum atomic E-state index is 0. The fourth-order valence-electron chi connectivity index (χ4n) is 0.644. The molecule has 0 unspecified atom stereocenters. The molecule has 1 fully saturated rings. The van der Waals surface area contributed by atoms with E-state index in [9.17, 15) is 4.79 Å². The number of carbonyl (C=O) groups excluding carboxylic acids is 1. The van der Waals surface area contributed by atoms with Gasteiger partial charge in [-0.15, -0.1) is 13.1 Å². The molecule has 2 nitrogen and oxygen atoms in total. The second-order valence-corrected chi connectivity index (χ2v) is 1.71. The zero-order chi connectivity index (χ0) is 5.11. The number of piperidine rings is 1. The predicted molar refractivity (Wildman–Crippen MR) is 27.3 cm³/mol. The molecule has 8 heavy (non-hydrogen) atoms. The average Bonchev–Trinajstić information content (AvgIpc) is 1.69. The summed E-state index contributed by atoms with van der Waals surface area (Å²) in [6.45, 7) is 1.53. The molecule has 0 N–H and O–H groups in total. The van der Waals surface area contributed by atoms with E-state index in [1.165, 1.54) is 0 Å². The summed E-state index contributed by atoms with van der Waals surface area (Å²) in [5.41, 5.74) is 0. The molecule has 0 spiro atoms. The molecule has 47 valence electrons. The Morgan fingerprint density at radius 2 is 1.75 bits per heavy atom. The third kappa shape index (κ3) is 2.56. The van der Waals surface area contributed by atoms with Gasteiger partial charge in [-0.3, -0.25) is 4.79 Å². The molecule has 0 aromatic heterocycles. The summed E-state index contributed by atoms with van der Waals surface area (Å²) in [5, 5.41) is 4.01. The van der Waals surface area contributed by atoms with Gasteiger partial charge >= 0.3 is 0 Å². The van der Waals surface area contributed by atoms with Crippen LogP contribution < -0.4 is 0 Å². The van der Waals surface area contributed by atoms with Gasteiger partial charge in [0.1, 0.15) is 5.78 Å². The van der Waals surface area contributed by atoms with Crippen molar-refractivity contribution in [3.63, 3.8) is 0 Å². The van der Waals surface area contributed by atoms with Crippen LogP contribution in [-0.4, -0.2) is 18.9 Å². The van der Waals surface area contributed by atoms with E-state index < -0.39 is 0 Å². The van der Waals surface area contributed by atoms with E-state index in [0.717, 1.165) is 13.1 Å². The van der Waals surface area contributed by atoms with Crippen LogP contribution in [0, 0.1) is 0 Å². The van der Waals surface area contributed by atoms with Gasteiger partial charge < -0.3 is 5.32 Å². The Morgan fingerprint density at radius 1 is 1.25 bits per heavy atom. The van der Waals surface area contributed by atoms with Crippen LogP contribution in [-0.2, 0) is 25.2 Å². The first-order valence-electron chi connectivity index (χ1n) is 2.54. The third-order valence-corrected chi connectivity index (χ3v) is 1.10. The van der Waals surface area contributed by atoms with E-state index in [4.69, 9.17) is 0 Å². The van der Waals surface area contributed by atoms with Gasteiger partial charge in [0, 0.05) is 20.4 Å². The van der Waals surface area contributed by atoms with Crippen molar-refractivity contribution in [3.8, 4) is 0 Å². The molecule has 0 bridgehead atoms. The van der Waals surface area contributed by atoms with Crippen molar-refractivity contribution in [3.05, 3.63) is 5.32 Å². The van der Waals surface area contributed by atoms with Gasteiger partial charge in [0.25, 0.3) is 0 Å². The van der Waals surface area contributed by atoms with E-state index in [1.54, 1.807) is 0 Å². The van der Waals surface area contributed by atoms with Gasteiger partial charge in [-0.2, -0.15) is 0 Å². The van der Waals surface area contributed by atoms with Crippen LogP contribution in [0.3, 0.4) is 0 Å². The quantitative estimate of drug-likeness (QED) is 0.645. The monoisotopic (exact) mass is 285 g/mol. The van der Waals surface area contributed by atoms with Gasteiger partial charge in [-0.05, 0) is 12.8 Å². The second kappa shape index (κ2) is 4.20. The van der Waals surface area contributed by atoms with E-state index in [0.29, 0.717) is 18.6 Å². The van der Waals surface area contributed by atoms with Crippen LogP contribution in [0.2, 0.25) is 0 Å². The van der Waals surface area contributed by atoms with Crippen molar-refractivity contribution >= 4 is 5.78 Å². The average molecular weight is 284 g/mol. The molecular weight excluding hydrogens is 276 g/mol. The summed E-state index contributed by atoms with van der Waals surface area (Å²) in [5.74, 6) is 0.370. The Labute approximate surface area is 62.7 Å². The number of carbonyl (C=O) groups is 1. The zero-order valence-electron chi connectivity index (χ0n) is 4.56. The number of nitrogens with zero attached hydrogens (tertiary/aromatic N) is 1. The molecule has 1 rings (SSSR count). The molecule has 0 amide bonds. The fourth-order valence-corrected chi connectivity index (χ4v) is 0.644. The second-order valence-electron chi connectivity index (χ2n) is 1.71. The minimum Gasteiger partial charge on any atom is -0.662 e. The van der Waals surface area contributed by atoms with Crippen LogP contribution in [0.25, 0.3) is 5.32 Å². The Hall–Kier alpha value is 0.292. The summed E-state index contributed by atoms with van der Waals surface area (Å²) in [7, 11) is 0. The Kier molecular flexibility index (Phi) is 4.35. The molecule has 0 aromatic rings. The van der Waals surface area contributed by atoms with Crippen LogP contribution in [0.15, 0.2) is 0 Å². The van der Waals surface area contributed by atoms with Crippen LogP contribution in [0.4, 0.5) is 0 Å². The molecule has 1 heterocycles. The molecule has 1 aliphatic heterocycles.